The van der Waals surface area contributed by atoms with Gasteiger partial charge in [-0.25, -0.2) is 4.98 Å². The van der Waals surface area contributed by atoms with Gasteiger partial charge in [0.25, 0.3) is 5.91 Å². The van der Waals surface area contributed by atoms with Crippen molar-refractivity contribution >= 4 is 17.5 Å². The van der Waals surface area contributed by atoms with E-state index in [1.165, 1.54) is 12.5 Å². The van der Waals surface area contributed by atoms with E-state index >= 15 is 0 Å². The summed E-state index contributed by atoms with van der Waals surface area (Å²) in [5.74, 6) is -0.251. The lowest BCUT2D eigenvalue weighted by Gasteiger charge is -2.41. The molecule has 2 fully saturated rings. The molecule has 8 heteroatoms. The Bertz CT molecular complexity index is 1380. The highest BCUT2D eigenvalue weighted by atomic mass is 16.5. The van der Waals surface area contributed by atoms with E-state index in [0.29, 0.717) is 23.7 Å². The summed E-state index contributed by atoms with van der Waals surface area (Å²) in [7, 11) is 0. The summed E-state index contributed by atoms with van der Waals surface area (Å²) in [6.45, 7) is 7.20. The Morgan fingerprint density at radius 2 is 1.88 bits per heavy atom. The molecule has 3 N–H and O–H groups in total. The number of carbonyl (C=O) groups excluding carboxylic acids is 2. The fourth-order valence-electron chi connectivity index (χ4n) is 7.01. The largest absolute Gasteiger partial charge is 0.390 e. The number of aromatic nitrogens is 2. The van der Waals surface area contributed by atoms with E-state index in [-0.39, 0.29) is 29.3 Å². The number of anilines is 1. The highest BCUT2D eigenvalue weighted by molar-refractivity contribution is 6.09. The molecule has 6 atom stereocenters. The van der Waals surface area contributed by atoms with Crippen molar-refractivity contribution in [2.45, 2.75) is 82.6 Å². The zero-order valence-corrected chi connectivity index (χ0v) is 24.0. The summed E-state index contributed by atoms with van der Waals surface area (Å²) in [5, 5.41) is 14.2. The number of aromatic amines is 1. The second kappa shape index (κ2) is 11.1. The van der Waals surface area contributed by atoms with Gasteiger partial charge in [-0.3, -0.25) is 14.5 Å². The maximum absolute atomic E-state index is 14.5. The molecular formula is C33H40N4O4. The summed E-state index contributed by atoms with van der Waals surface area (Å²) in [4.78, 5) is 37.4. The van der Waals surface area contributed by atoms with Crippen LogP contribution in [0.15, 0.2) is 61.1 Å². The third kappa shape index (κ3) is 5.43. The van der Waals surface area contributed by atoms with E-state index in [4.69, 9.17) is 4.74 Å². The fourth-order valence-corrected chi connectivity index (χ4v) is 7.01. The molecule has 1 aromatic heterocycles. The number of nitrogens with one attached hydrogen (secondary N) is 2. The molecule has 2 aromatic carbocycles. The van der Waals surface area contributed by atoms with Gasteiger partial charge in [0.2, 0.25) is 5.91 Å². The minimum Gasteiger partial charge on any atom is -0.390 e. The van der Waals surface area contributed by atoms with E-state index in [1.807, 2.05) is 48.5 Å². The average molecular weight is 557 g/mol. The van der Waals surface area contributed by atoms with Crippen molar-refractivity contribution < 1.29 is 19.4 Å². The summed E-state index contributed by atoms with van der Waals surface area (Å²) in [6, 6.07) is 14.5. The quantitative estimate of drug-likeness (QED) is 0.408. The smallest absolute Gasteiger partial charge is 0.277 e. The molecule has 0 spiro atoms. The molecule has 216 valence electrons. The number of hydrogen-bond donors (Lipinski definition) is 3. The van der Waals surface area contributed by atoms with Gasteiger partial charge in [0, 0.05) is 18.7 Å². The zero-order chi connectivity index (χ0) is 28.7. The van der Waals surface area contributed by atoms with Crippen molar-refractivity contribution in [2.75, 3.05) is 11.5 Å². The number of amides is 2. The third-order valence-corrected chi connectivity index (χ3v) is 9.23. The van der Waals surface area contributed by atoms with Crippen LogP contribution in [0.1, 0.15) is 79.7 Å². The SMILES string of the molecule is CC(C)(C)c1ccc(N(C(=O)c2cnc[nH]2)C(C(=O)N[C@@H]2c3ccccc3C[C@@H]2O)C2CCC3OCCC3C2)cc1. The molecule has 3 aliphatic rings. The van der Waals surface area contributed by atoms with Crippen LogP contribution < -0.4 is 10.2 Å². The number of fused-ring (bicyclic) bond motifs is 2. The van der Waals surface area contributed by atoms with Gasteiger partial charge >= 0.3 is 0 Å². The van der Waals surface area contributed by atoms with Crippen LogP contribution in [0.25, 0.3) is 0 Å². The average Bonchev–Trinajstić information content (AvgIpc) is 3.72. The molecule has 3 aromatic rings. The third-order valence-electron chi connectivity index (χ3n) is 9.23. The van der Waals surface area contributed by atoms with E-state index in [2.05, 4.69) is 36.1 Å². The summed E-state index contributed by atoms with van der Waals surface area (Å²) in [5.41, 5.74) is 4.04. The highest BCUT2D eigenvalue weighted by Gasteiger charge is 2.45. The van der Waals surface area contributed by atoms with E-state index in [0.717, 1.165) is 49.0 Å². The summed E-state index contributed by atoms with van der Waals surface area (Å²) < 4.78 is 5.98. The van der Waals surface area contributed by atoms with Gasteiger partial charge in [0.05, 0.1) is 30.8 Å². The van der Waals surface area contributed by atoms with E-state index in [1.54, 1.807) is 4.90 Å². The minimum atomic E-state index is -0.771. The lowest BCUT2D eigenvalue weighted by Crippen LogP contribution is -2.56. The molecule has 1 aliphatic heterocycles. The number of ether oxygens (including phenoxy) is 1. The lowest BCUT2D eigenvalue weighted by atomic mass is 9.75. The Morgan fingerprint density at radius 3 is 2.61 bits per heavy atom. The summed E-state index contributed by atoms with van der Waals surface area (Å²) in [6.07, 6.45) is 6.39. The first kappa shape index (κ1) is 27.7. The first-order valence-electron chi connectivity index (χ1n) is 14.8. The standard InChI is InChI=1S/C33H40N4O4/c1-33(2,3)23-9-11-24(12-10-23)37(32(40)26-18-34-19-35-26)30(22-8-13-28-21(16-22)14-15-41-28)31(39)36-29-25-7-5-4-6-20(25)17-27(29)38/h4-7,9-12,18-19,21-22,27-30,38H,8,13-17H2,1-3H3,(H,34,35)(H,36,39)/t21?,22?,27-,28?,29+,30?/m0/s1. The molecule has 2 amide bonds. The van der Waals surface area contributed by atoms with Crippen LogP contribution in [0.2, 0.25) is 0 Å². The van der Waals surface area contributed by atoms with Crippen LogP contribution in [0.4, 0.5) is 5.69 Å². The van der Waals surface area contributed by atoms with Gasteiger partial charge < -0.3 is 20.1 Å². The van der Waals surface area contributed by atoms with Crippen molar-refractivity contribution in [3.05, 3.63) is 83.4 Å². The van der Waals surface area contributed by atoms with Gasteiger partial charge in [-0.15, -0.1) is 0 Å². The monoisotopic (exact) mass is 556 g/mol. The molecule has 2 aliphatic carbocycles. The minimum absolute atomic E-state index is 0.0552. The number of H-pyrrole nitrogens is 1. The predicted octanol–water partition coefficient (Wildman–Crippen LogP) is 4.70. The molecular weight excluding hydrogens is 516 g/mol. The molecule has 1 saturated heterocycles. The Balaban J connectivity index is 1.40. The summed E-state index contributed by atoms with van der Waals surface area (Å²) >= 11 is 0. The topological polar surface area (TPSA) is 108 Å². The van der Waals surface area contributed by atoms with Crippen LogP contribution in [0.5, 0.6) is 0 Å². The maximum atomic E-state index is 14.5. The number of aliphatic hydroxyl groups is 1. The van der Waals surface area contributed by atoms with Crippen molar-refractivity contribution in [3.63, 3.8) is 0 Å². The number of rotatable bonds is 6. The van der Waals surface area contributed by atoms with Crippen molar-refractivity contribution in [3.8, 4) is 0 Å². The first-order valence-corrected chi connectivity index (χ1v) is 14.8. The predicted molar refractivity (Wildman–Crippen MR) is 157 cm³/mol. The van der Waals surface area contributed by atoms with Crippen LogP contribution in [0.3, 0.4) is 0 Å². The Labute approximate surface area is 241 Å². The van der Waals surface area contributed by atoms with Gasteiger partial charge in [-0.05, 0) is 71.8 Å². The molecule has 0 bridgehead atoms. The van der Waals surface area contributed by atoms with Crippen LogP contribution in [0, 0.1) is 11.8 Å². The van der Waals surface area contributed by atoms with Gasteiger partial charge in [-0.1, -0.05) is 57.2 Å². The van der Waals surface area contributed by atoms with Crippen LogP contribution in [-0.2, 0) is 21.4 Å². The second-order valence-corrected chi connectivity index (χ2v) is 12.9. The zero-order valence-electron chi connectivity index (χ0n) is 24.0. The van der Waals surface area contributed by atoms with E-state index < -0.39 is 18.2 Å². The van der Waals surface area contributed by atoms with Crippen molar-refractivity contribution in [1.29, 1.82) is 0 Å². The number of nitrogens with zero attached hydrogens (tertiary/aromatic N) is 2. The maximum Gasteiger partial charge on any atom is 0.277 e. The number of carbonyl (C=O) groups is 2. The fraction of sp³-hybridized carbons (Fsp3) is 0.485. The number of imidazole rings is 1. The second-order valence-electron chi connectivity index (χ2n) is 12.9. The van der Waals surface area contributed by atoms with Gasteiger partial charge in [0.15, 0.2) is 0 Å². The highest BCUT2D eigenvalue weighted by Crippen LogP contribution is 2.41. The molecule has 2 heterocycles. The molecule has 8 nitrogen and oxygen atoms in total. The van der Waals surface area contributed by atoms with Gasteiger partial charge in [-0.2, -0.15) is 0 Å². The normalized spacial score (nSPS) is 26.2. The lowest BCUT2D eigenvalue weighted by molar-refractivity contribution is -0.125. The molecule has 4 unspecified atom stereocenters. The van der Waals surface area contributed by atoms with Crippen molar-refractivity contribution in [2.24, 2.45) is 11.8 Å². The van der Waals surface area contributed by atoms with Crippen LogP contribution in [-0.4, -0.2) is 51.7 Å². The van der Waals surface area contributed by atoms with Crippen LogP contribution >= 0.6 is 0 Å². The Morgan fingerprint density at radius 1 is 1.10 bits per heavy atom. The Kier molecular flexibility index (Phi) is 7.47. The number of hydrogen-bond acceptors (Lipinski definition) is 5. The Hall–Kier alpha value is -3.49. The molecule has 1 saturated carbocycles. The van der Waals surface area contributed by atoms with Crippen molar-refractivity contribution in [1.82, 2.24) is 15.3 Å². The number of aliphatic hydroxyl groups excluding tert-OH is 1. The molecule has 6 rings (SSSR count). The molecule has 41 heavy (non-hydrogen) atoms. The van der Waals surface area contributed by atoms with Gasteiger partial charge in [0.1, 0.15) is 11.7 Å². The first-order chi connectivity index (χ1) is 19.7. The van der Waals surface area contributed by atoms with E-state index in [9.17, 15) is 14.7 Å². The number of benzene rings is 2. The molecule has 0 radical (unpaired) electrons.